The smallest absolute Gasteiger partial charge is 0.256 e. The van der Waals surface area contributed by atoms with Gasteiger partial charge in [-0.3, -0.25) is 4.79 Å². The Hall–Kier alpha value is -3.43. The van der Waals surface area contributed by atoms with Crippen LogP contribution in [0.15, 0.2) is 30.6 Å². The highest BCUT2D eigenvalue weighted by molar-refractivity contribution is 5.85. The van der Waals surface area contributed by atoms with Gasteiger partial charge in [0.1, 0.15) is 11.6 Å². The van der Waals surface area contributed by atoms with Gasteiger partial charge in [0.2, 0.25) is 11.8 Å². The number of fused-ring (bicyclic) bond motifs is 1. The molecule has 1 amide bonds. The number of amides is 1. The first kappa shape index (κ1) is 21.8. The maximum atomic E-state index is 13.1. The second kappa shape index (κ2) is 8.97. The minimum atomic E-state index is -2.56. The van der Waals surface area contributed by atoms with E-state index in [9.17, 15) is 13.6 Å². The van der Waals surface area contributed by atoms with Crippen LogP contribution in [-0.2, 0) is 11.3 Å². The van der Waals surface area contributed by atoms with Gasteiger partial charge < -0.3 is 24.1 Å². The van der Waals surface area contributed by atoms with E-state index in [1.165, 1.54) is 18.0 Å². The molecule has 10 heteroatoms. The molecule has 170 valence electrons. The van der Waals surface area contributed by atoms with Gasteiger partial charge in [0.05, 0.1) is 38.3 Å². The van der Waals surface area contributed by atoms with E-state index in [2.05, 4.69) is 15.3 Å². The number of benzene rings is 1. The average molecular weight is 446 g/mol. The number of pyridine rings is 1. The second-order valence-corrected chi connectivity index (χ2v) is 7.63. The van der Waals surface area contributed by atoms with Crippen molar-refractivity contribution in [2.24, 2.45) is 5.92 Å². The average Bonchev–Trinajstić information content (AvgIpc) is 3.39. The fourth-order valence-corrected chi connectivity index (χ4v) is 3.80. The molecular formula is C22H24F2N4O4. The Morgan fingerprint density at radius 3 is 2.66 bits per heavy atom. The standard InChI is InChI=1S/C22H24F2N4O4/c1-12(14-7-20(29)25-9-14)32-22-21-16(26-11-28(21)10-19(23)24)8-15(27-22)13-4-5-17(30-2)18(6-13)31-3/h4-6,8,11-12,14,19H,7,9-10H2,1-3H3,(H,25,29)/t12?,14-/m1/s1. The third-order valence-electron chi connectivity index (χ3n) is 5.55. The lowest BCUT2D eigenvalue weighted by molar-refractivity contribution is -0.119. The molecule has 0 spiro atoms. The van der Waals surface area contributed by atoms with Gasteiger partial charge >= 0.3 is 0 Å². The zero-order valence-corrected chi connectivity index (χ0v) is 18.0. The predicted octanol–water partition coefficient (Wildman–Crippen LogP) is 3.28. The van der Waals surface area contributed by atoms with Crippen LogP contribution < -0.4 is 19.5 Å². The van der Waals surface area contributed by atoms with Gasteiger partial charge in [0.15, 0.2) is 11.5 Å². The molecule has 1 N–H and O–H groups in total. The maximum absolute atomic E-state index is 13.1. The Bertz CT molecular complexity index is 1130. The number of imidazole rings is 1. The monoisotopic (exact) mass is 446 g/mol. The Labute approximate surface area is 183 Å². The molecule has 32 heavy (non-hydrogen) atoms. The number of nitrogens with one attached hydrogen (secondary N) is 1. The molecule has 0 bridgehead atoms. The van der Waals surface area contributed by atoms with Gasteiger partial charge in [-0.25, -0.2) is 18.7 Å². The van der Waals surface area contributed by atoms with Crippen LogP contribution >= 0.6 is 0 Å². The van der Waals surface area contributed by atoms with Crippen molar-refractivity contribution in [3.05, 3.63) is 30.6 Å². The molecule has 1 aliphatic heterocycles. The van der Waals surface area contributed by atoms with Crippen LogP contribution in [-0.4, -0.2) is 53.7 Å². The Kier molecular flexibility index (Phi) is 6.11. The minimum Gasteiger partial charge on any atom is -0.493 e. The van der Waals surface area contributed by atoms with E-state index in [-0.39, 0.29) is 23.8 Å². The van der Waals surface area contributed by atoms with Crippen LogP contribution in [0.3, 0.4) is 0 Å². The highest BCUT2D eigenvalue weighted by Gasteiger charge is 2.29. The third kappa shape index (κ3) is 4.30. The SMILES string of the molecule is COc1ccc(-c2cc3ncn(CC(F)F)c3c(OC(C)[C@H]3CNC(=O)C3)n2)cc1OC. The molecule has 1 saturated heterocycles. The molecule has 2 aromatic heterocycles. The molecule has 4 rings (SSSR count). The van der Waals surface area contributed by atoms with Crippen LogP contribution in [0.4, 0.5) is 8.78 Å². The lowest BCUT2D eigenvalue weighted by Crippen LogP contribution is -2.26. The van der Waals surface area contributed by atoms with Gasteiger partial charge in [-0.2, -0.15) is 0 Å². The van der Waals surface area contributed by atoms with Crippen molar-refractivity contribution >= 4 is 16.9 Å². The van der Waals surface area contributed by atoms with Crippen LogP contribution in [0.25, 0.3) is 22.3 Å². The second-order valence-electron chi connectivity index (χ2n) is 7.63. The molecule has 2 atom stereocenters. The summed E-state index contributed by atoms with van der Waals surface area (Å²) >= 11 is 0. The van der Waals surface area contributed by atoms with Crippen molar-refractivity contribution in [1.82, 2.24) is 19.9 Å². The maximum Gasteiger partial charge on any atom is 0.256 e. The molecule has 8 nitrogen and oxygen atoms in total. The quantitative estimate of drug-likeness (QED) is 0.572. The number of hydrogen-bond donors (Lipinski definition) is 1. The van der Waals surface area contributed by atoms with Gasteiger partial charge in [-0.1, -0.05) is 0 Å². The third-order valence-corrected chi connectivity index (χ3v) is 5.55. The van der Waals surface area contributed by atoms with Crippen molar-refractivity contribution in [3.63, 3.8) is 0 Å². The summed E-state index contributed by atoms with van der Waals surface area (Å²) in [6.07, 6.45) is -1.22. The van der Waals surface area contributed by atoms with Crippen LogP contribution in [0.2, 0.25) is 0 Å². The van der Waals surface area contributed by atoms with Crippen molar-refractivity contribution < 1.29 is 27.8 Å². The van der Waals surface area contributed by atoms with Crippen LogP contribution in [0, 0.1) is 5.92 Å². The van der Waals surface area contributed by atoms with E-state index in [1.807, 2.05) is 13.0 Å². The first-order chi connectivity index (χ1) is 15.4. The highest BCUT2D eigenvalue weighted by atomic mass is 19.3. The normalized spacial score (nSPS) is 16.9. The number of halogens is 2. The lowest BCUT2D eigenvalue weighted by atomic mass is 10.0. The summed E-state index contributed by atoms with van der Waals surface area (Å²) in [5, 5.41) is 2.78. The van der Waals surface area contributed by atoms with Gasteiger partial charge in [0.25, 0.3) is 6.43 Å². The number of carbonyl (C=O) groups excluding carboxylic acids is 1. The number of rotatable bonds is 8. The van der Waals surface area contributed by atoms with Gasteiger partial charge in [-0.05, 0) is 31.2 Å². The molecule has 0 aliphatic carbocycles. The van der Waals surface area contributed by atoms with Crippen LogP contribution in [0.5, 0.6) is 17.4 Å². The zero-order valence-electron chi connectivity index (χ0n) is 18.0. The summed E-state index contributed by atoms with van der Waals surface area (Å²) in [5.41, 5.74) is 2.14. The molecular weight excluding hydrogens is 422 g/mol. The Morgan fingerprint density at radius 1 is 1.22 bits per heavy atom. The molecule has 3 aromatic rings. The van der Waals surface area contributed by atoms with Gasteiger partial charge in [-0.15, -0.1) is 0 Å². The molecule has 3 heterocycles. The molecule has 1 aromatic carbocycles. The number of methoxy groups -OCH3 is 2. The first-order valence-corrected chi connectivity index (χ1v) is 10.2. The predicted molar refractivity (Wildman–Crippen MR) is 113 cm³/mol. The number of hydrogen-bond acceptors (Lipinski definition) is 6. The summed E-state index contributed by atoms with van der Waals surface area (Å²) in [7, 11) is 3.09. The molecule has 1 unspecified atom stereocenters. The minimum absolute atomic E-state index is 0.0367. The summed E-state index contributed by atoms with van der Waals surface area (Å²) in [6.45, 7) is 1.81. The Balaban J connectivity index is 1.78. The number of alkyl halides is 2. The highest BCUT2D eigenvalue weighted by Crippen LogP contribution is 2.35. The number of carbonyl (C=O) groups is 1. The largest absolute Gasteiger partial charge is 0.493 e. The molecule has 1 fully saturated rings. The first-order valence-electron chi connectivity index (χ1n) is 10.2. The summed E-state index contributed by atoms with van der Waals surface area (Å²) in [4.78, 5) is 20.5. The summed E-state index contributed by atoms with van der Waals surface area (Å²) < 4.78 is 44.4. The topological polar surface area (TPSA) is 87.5 Å². The van der Waals surface area contributed by atoms with Crippen LogP contribution in [0.1, 0.15) is 13.3 Å². The molecule has 1 aliphatic rings. The number of nitrogens with zero attached hydrogens (tertiary/aromatic N) is 3. The van der Waals surface area contributed by atoms with E-state index in [4.69, 9.17) is 14.2 Å². The van der Waals surface area contributed by atoms with Crippen molar-refractivity contribution in [3.8, 4) is 28.6 Å². The lowest BCUT2D eigenvalue weighted by Gasteiger charge is -2.20. The molecule has 0 radical (unpaired) electrons. The van der Waals surface area contributed by atoms with E-state index in [0.717, 1.165) is 5.56 Å². The number of ether oxygens (including phenoxy) is 3. The fraction of sp³-hybridized carbons (Fsp3) is 0.409. The van der Waals surface area contributed by atoms with Gasteiger partial charge in [0, 0.05) is 24.4 Å². The summed E-state index contributed by atoms with van der Waals surface area (Å²) in [5.74, 6) is 1.21. The van der Waals surface area contributed by atoms with E-state index in [0.29, 0.717) is 41.2 Å². The van der Waals surface area contributed by atoms with Crippen molar-refractivity contribution in [2.75, 3.05) is 20.8 Å². The molecule has 0 saturated carbocycles. The van der Waals surface area contributed by atoms with Crippen molar-refractivity contribution in [2.45, 2.75) is 32.4 Å². The van der Waals surface area contributed by atoms with E-state index in [1.54, 1.807) is 25.3 Å². The van der Waals surface area contributed by atoms with Crippen molar-refractivity contribution in [1.29, 1.82) is 0 Å². The van der Waals surface area contributed by atoms with E-state index < -0.39 is 13.0 Å². The zero-order chi connectivity index (χ0) is 22.8. The fourth-order valence-electron chi connectivity index (χ4n) is 3.80. The number of aromatic nitrogens is 3. The summed E-state index contributed by atoms with van der Waals surface area (Å²) in [6, 6.07) is 7.07. The Morgan fingerprint density at radius 2 is 2.00 bits per heavy atom. The van der Waals surface area contributed by atoms with E-state index >= 15 is 0 Å².